The summed E-state index contributed by atoms with van der Waals surface area (Å²) in [6.45, 7) is 3.19. The lowest BCUT2D eigenvalue weighted by atomic mass is 9.86. The fourth-order valence-electron chi connectivity index (χ4n) is 5.32. The SMILES string of the molecule is CCC1C=CC(=O)OC1C=CC(O)(CCNCc1ccccc1)C(CC(O)C=CC=CC1CCCC(O)C1)OP. The van der Waals surface area contributed by atoms with Crippen molar-refractivity contribution >= 4 is 15.4 Å². The molecule has 0 amide bonds. The van der Waals surface area contributed by atoms with Crippen molar-refractivity contribution in [3.05, 3.63) is 84.5 Å². The Kier molecular flexibility index (Phi) is 13.8. The highest BCUT2D eigenvalue weighted by Crippen LogP contribution is 2.29. The highest BCUT2D eigenvalue weighted by Gasteiger charge is 2.36. The summed E-state index contributed by atoms with van der Waals surface area (Å²) >= 11 is 0. The number of benzene rings is 1. The third-order valence-electron chi connectivity index (χ3n) is 7.77. The number of rotatable bonds is 15. The largest absolute Gasteiger partial charge is 0.454 e. The molecule has 1 saturated carbocycles. The number of aliphatic hydroxyl groups is 3. The summed E-state index contributed by atoms with van der Waals surface area (Å²) in [6, 6.07) is 10.0. The second kappa shape index (κ2) is 17.0. The molecule has 8 heteroatoms. The van der Waals surface area contributed by atoms with Gasteiger partial charge in [0.15, 0.2) is 0 Å². The minimum Gasteiger partial charge on any atom is -0.454 e. The van der Waals surface area contributed by atoms with E-state index in [1.807, 2.05) is 55.5 Å². The van der Waals surface area contributed by atoms with Crippen molar-refractivity contribution in [2.24, 2.45) is 11.8 Å². The van der Waals surface area contributed by atoms with Crippen LogP contribution in [0.25, 0.3) is 0 Å². The van der Waals surface area contributed by atoms with E-state index in [9.17, 15) is 20.1 Å². The second-order valence-corrected chi connectivity index (χ2v) is 11.1. The van der Waals surface area contributed by atoms with Crippen LogP contribution in [0.3, 0.4) is 0 Å². The number of allylic oxidation sites excluding steroid dienone is 3. The van der Waals surface area contributed by atoms with Crippen LogP contribution in [0.5, 0.6) is 0 Å². The quantitative estimate of drug-likeness (QED) is 0.0804. The Morgan fingerprint density at radius 1 is 1.23 bits per heavy atom. The zero-order chi connectivity index (χ0) is 28.8. The molecule has 1 aliphatic carbocycles. The highest BCUT2D eigenvalue weighted by molar-refractivity contribution is 7.09. The maximum Gasteiger partial charge on any atom is 0.331 e. The molecule has 0 radical (unpaired) electrons. The van der Waals surface area contributed by atoms with Gasteiger partial charge in [0, 0.05) is 34.4 Å². The van der Waals surface area contributed by atoms with Crippen LogP contribution in [0.1, 0.15) is 57.4 Å². The fourth-order valence-corrected chi connectivity index (χ4v) is 5.66. The molecule has 1 aromatic carbocycles. The van der Waals surface area contributed by atoms with Crippen molar-refractivity contribution in [3.63, 3.8) is 0 Å². The molecule has 7 nitrogen and oxygen atoms in total. The lowest BCUT2D eigenvalue weighted by Crippen LogP contribution is -2.45. The molecule has 1 fully saturated rings. The van der Waals surface area contributed by atoms with Crippen LogP contribution >= 0.6 is 9.47 Å². The molecule has 220 valence electrons. The van der Waals surface area contributed by atoms with Gasteiger partial charge in [0.05, 0.1) is 18.3 Å². The van der Waals surface area contributed by atoms with E-state index in [0.29, 0.717) is 25.4 Å². The topological polar surface area (TPSA) is 108 Å². The molecule has 3 rings (SSSR count). The smallest absolute Gasteiger partial charge is 0.331 e. The first-order valence-electron chi connectivity index (χ1n) is 14.4. The normalized spacial score (nSPS) is 26.8. The van der Waals surface area contributed by atoms with Gasteiger partial charge < -0.3 is 29.9 Å². The minimum atomic E-state index is -1.43. The Balaban J connectivity index is 1.66. The summed E-state index contributed by atoms with van der Waals surface area (Å²) in [5, 5.41) is 35.8. The van der Waals surface area contributed by atoms with Crippen LogP contribution in [0, 0.1) is 11.8 Å². The summed E-state index contributed by atoms with van der Waals surface area (Å²) in [5.74, 6) is -0.0269. The molecular weight excluding hydrogens is 525 g/mol. The Bertz CT molecular complexity index is 1010. The summed E-state index contributed by atoms with van der Waals surface area (Å²) in [7, 11) is 2.22. The van der Waals surface area contributed by atoms with Crippen LogP contribution in [0.15, 0.2) is 78.9 Å². The first-order valence-corrected chi connectivity index (χ1v) is 14.9. The van der Waals surface area contributed by atoms with Gasteiger partial charge in [-0.05, 0) is 56.2 Å². The predicted octanol–water partition coefficient (Wildman–Crippen LogP) is 4.55. The number of ether oxygens (including phenoxy) is 1. The molecule has 0 spiro atoms. The molecule has 0 bridgehead atoms. The van der Waals surface area contributed by atoms with Crippen molar-refractivity contribution in [1.29, 1.82) is 0 Å². The number of cyclic esters (lactones) is 1. The number of nitrogens with one attached hydrogen (secondary N) is 1. The number of aliphatic hydroxyl groups excluding tert-OH is 2. The van der Waals surface area contributed by atoms with Gasteiger partial charge in [-0.15, -0.1) is 0 Å². The average molecular weight is 572 g/mol. The first kappa shape index (κ1) is 32.4. The lowest BCUT2D eigenvalue weighted by molar-refractivity contribution is -0.143. The van der Waals surface area contributed by atoms with Gasteiger partial charge in [-0.1, -0.05) is 80.1 Å². The summed E-state index contributed by atoms with van der Waals surface area (Å²) in [6.07, 6.45) is 16.9. The maximum atomic E-state index is 11.9. The van der Waals surface area contributed by atoms with Crippen LogP contribution < -0.4 is 5.32 Å². The highest BCUT2D eigenvalue weighted by atomic mass is 31.0. The van der Waals surface area contributed by atoms with Crippen molar-refractivity contribution in [2.75, 3.05) is 6.54 Å². The monoisotopic (exact) mass is 571 g/mol. The van der Waals surface area contributed by atoms with Gasteiger partial charge in [-0.25, -0.2) is 4.79 Å². The molecule has 0 aromatic heterocycles. The lowest BCUT2D eigenvalue weighted by Gasteiger charge is -2.34. The van der Waals surface area contributed by atoms with E-state index < -0.39 is 29.9 Å². The van der Waals surface area contributed by atoms with E-state index in [1.165, 1.54) is 6.08 Å². The molecule has 40 heavy (non-hydrogen) atoms. The predicted molar refractivity (Wildman–Crippen MR) is 161 cm³/mol. The summed E-state index contributed by atoms with van der Waals surface area (Å²) in [5.41, 5.74) is -0.288. The van der Waals surface area contributed by atoms with E-state index in [1.54, 1.807) is 18.2 Å². The summed E-state index contributed by atoms with van der Waals surface area (Å²) in [4.78, 5) is 11.9. The van der Waals surface area contributed by atoms with Crippen LogP contribution in [0.4, 0.5) is 0 Å². The van der Waals surface area contributed by atoms with Crippen molar-refractivity contribution < 1.29 is 29.4 Å². The zero-order valence-corrected chi connectivity index (χ0v) is 24.6. The third-order valence-corrected chi connectivity index (χ3v) is 8.09. The zero-order valence-electron chi connectivity index (χ0n) is 23.5. The Morgan fingerprint density at radius 2 is 2.02 bits per heavy atom. The molecule has 8 atom stereocenters. The van der Waals surface area contributed by atoms with Crippen molar-refractivity contribution in [3.8, 4) is 0 Å². The fraction of sp³-hybridized carbons (Fsp3) is 0.531. The van der Waals surface area contributed by atoms with E-state index in [-0.39, 0.29) is 18.4 Å². The maximum absolute atomic E-state index is 11.9. The van der Waals surface area contributed by atoms with Crippen LogP contribution in [-0.4, -0.2) is 57.9 Å². The molecule has 0 saturated heterocycles. The molecule has 1 heterocycles. The van der Waals surface area contributed by atoms with Crippen molar-refractivity contribution in [1.82, 2.24) is 5.32 Å². The first-order chi connectivity index (χ1) is 19.3. The van der Waals surface area contributed by atoms with Crippen LogP contribution in [-0.2, 0) is 20.6 Å². The van der Waals surface area contributed by atoms with Gasteiger partial charge in [0.25, 0.3) is 0 Å². The molecule has 1 aromatic rings. The van der Waals surface area contributed by atoms with Gasteiger partial charge in [-0.2, -0.15) is 0 Å². The molecule has 2 aliphatic rings. The number of esters is 1. The standard InChI is InChI=1S/C32H46NO6P/c1-2-26-15-16-31(36)38-29(26)17-18-32(37,19-20-33-23-25-10-4-3-5-11-25)30(39-40)22-28(35)13-7-6-9-24-12-8-14-27(34)21-24/h3-7,9-11,13,15-18,24,26-30,33-35,37H,2,8,12,14,19-23,40H2,1H3. The summed E-state index contributed by atoms with van der Waals surface area (Å²) < 4.78 is 11.2. The molecular formula is C32H46NO6P. The van der Waals surface area contributed by atoms with Crippen molar-refractivity contribution in [2.45, 2.75) is 88.4 Å². The second-order valence-electron chi connectivity index (χ2n) is 10.9. The van der Waals surface area contributed by atoms with Gasteiger partial charge >= 0.3 is 5.97 Å². The van der Waals surface area contributed by atoms with E-state index in [0.717, 1.165) is 37.7 Å². The van der Waals surface area contributed by atoms with Gasteiger partial charge in [-0.3, -0.25) is 0 Å². The molecule has 4 N–H and O–H groups in total. The number of hydrogen-bond acceptors (Lipinski definition) is 7. The third kappa shape index (κ3) is 10.7. The molecule has 8 unspecified atom stereocenters. The van der Waals surface area contributed by atoms with Crippen LogP contribution in [0.2, 0.25) is 0 Å². The van der Waals surface area contributed by atoms with Gasteiger partial charge in [0.1, 0.15) is 11.7 Å². The Morgan fingerprint density at radius 3 is 2.75 bits per heavy atom. The Hall–Kier alpha value is -2.12. The van der Waals surface area contributed by atoms with E-state index in [2.05, 4.69) is 20.9 Å². The number of carbonyl (C=O) groups is 1. The van der Waals surface area contributed by atoms with Gasteiger partial charge in [0.2, 0.25) is 0 Å². The number of hydrogen-bond donors (Lipinski definition) is 4. The van der Waals surface area contributed by atoms with E-state index >= 15 is 0 Å². The minimum absolute atomic E-state index is 0.0235. The molecule has 1 aliphatic heterocycles. The average Bonchev–Trinajstić information content (AvgIpc) is 2.96. The van der Waals surface area contributed by atoms with E-state index in [4.69, 9.17) is 9.26 Å². The Labute approximate surface area is 241 Å². The number of carbonyl (C=O) groups excluding carboxylic acids is 1.